The predicted octanol–water partition coefficient (Wildman–Crippen LogP) is 1.50. The van der Waals surface area contributed by atoms with Crippen LogP contribution in [0.25, 0.3) is 0 Å². The fourth-order valence-electron chi connectivity index (χ4n) is 0.680. The van der Waals surface area contributed by atoms with E-state index in [2.05, 4.69) is 21.2 Å². The molecule has 9 heavy (non-hydrogen) atoms. The summed E-state index contributed by atoms with van der Waals surface area (Å²) >= 11 is 2.98. The SMILES string of the molecule is FC1(F)C=C(Br)CNC1. The maximum Gasteiger partial charge on any atom is 0.279 e. The first-order valence-corrected chi connectivity index (χ1v) is 3.35. The van der Waals surface area contributed by atoms with Crippen LogP contribution in [-0.2, 0) is 0 Å². The topological polar surface area (TPSA) is 12.0 Å². The summed E-state index contributed by atoms with van der Waals surface area (Å²) in [4.78, 5) is 0. The molecule has 0 radical (unpaired) electrons. The van der Waals surface area contributed by atoms with E-state index in [1.165, 1.54) is 0 Å². The third kappa shape index (κ3) is 2.02. The molecule has 0 spiro atoms. The van der Waals surface area contributed by atoms with Crippen LogP contribution in [0, 0.1) is 0 Å². The molecule has 0 aromatic rings. The quantitative estimate of drug-likeness (QED) is 0.621. The van der Waals surface area contributed by atoms with Crippen LogP contribution in [0.2, 0.25) is 0 Å². The maximum atomic E-state index is 12.3. The van der Waals surface area contributed by atoms with Crippen LogP contribution in [0.3, 0.4) is 0 Å². The zero-order chi connectivity index (χ0) is 6.91. The van der Waals surface area contributed by atoms with E-state index in [-0.39, 0.29) is 6.54 Å². The van der Waals surface area contributed by atoms with Gasteiger partial charge in [-0.25, -0.2) is 8.78 Å². The van der Waals surface area contributed by atoms with Crippen molar-refractivity contribution in [2.45, 2.75) is 5.92 Å². The van der Waals surface area contributed by atoms with Crippen molar-refractivity contribution in [1.29, 1.82) is 0 Å². The Balaban J connectivity index is 2.68. The Morgan fingerprint density at radius 2 is 2.33 bits per heavy atom. The van der Waals surface area contributed by atoms with Gasteiger partial charge in [0.15, 0.2) is 0 Å². The zero-order valence-corrected chi connectivity index (χ0v) is 6.21. The van der Waals surface area contributed by atoms with Crippen molar-refractivity contribution in [1.82, 2.24) is 5.32 Å². The fourth-order valence-corrected chi connectivity index (χ4v) is 1.21. The minimum Gasteiger partial charge on any atom is -0.306 e. The van der Waals surface area contributed by atoms with E-state index in [0.29, 0.717) is 11.0 Å². The van der Waals surface area contributed by atoms with Crippen LogP contribution in [-0.4, -0.2) is 19.0 Å². The van der Waals surface area contributed by atoms with Crippen molar-refractivity contribution >= 4 is 15.9 Å². The van der Waals surface area contributed by atoms with Crippen LogP contribution in [0.15, 0.2) is 10.6 Å². The summed E-state index contributed by atoms with van der Waals surface area (Å²) in [6.45, 7) is 0.262. The minimum absolute atomic E-state index is 0.248. The normalized spacial score (nSPS) is 25.4. The molecule has 4 heteroatoms. The molecule has 1 N–H and O–H groups in total. The molecule has 52 valence electrons. The lowest BCUT2D eigenvalue weighted by Crippen LogP contribution is -2.36. The van der Waals surface area contributed by atoms with E-state index < -0.39 is 5.92 Å². The molecule has 0 saturated heterocycles. The van der Waals surface area contributed by atoms with Crippen LogP contribution >= 0.6 is 15.9 Å². The van der Waals surface area contributed by atoms with Crippen LogP contribution in [0.1, 0.15) is 0 Å². The van der Waals surface area contributed by atoms with E-state index in [1.807, 2.05) is 0 Å². The second-order valence-electron chi connectivity index (χ2n) is 1.96. The number of hydrogen-bond acceptors (Lipinski definition) is 1. The number of alkyl halides is 2. The van der Waals surface area contributed by atoms with Gasteiger partial charge in [0.05, 0.1) is 6.54 Å². The molecule has 0 unspecified atom stereocenters. The average Bonchev–Trinajstić information content (AvgIpc) is 1.60. The summed E-state index contributed by atoms with van der Waals surface area (Å²) in [5.41, 5.74) is 0. The smallest absolute Gasteiger partial charge is 0.279 e. The summed E-state index contributed by atoms with van der Waals surface area (Å²) in [5, 5.41) is 2.56. The van der Waals surface area contributed by atoms with Gasteiger partial charge >= 0.3 is 0 Å². The summed E-state index contributed by atoms with van der Waals surface area (Å²) in [7, 11) is 0. The highest BCUT2D eigenvalue weighted by Gasteiger charge is 2.28. The molecule has 1 rings (SSSR count). The van der Waals surface area contributed by atoms with Gasteiger partial charge in [0.2, 0.25) is 0 Å². The van der Waals surface area contributed by atoms with E-state index in [1.54, 1.807) is 0 Å². The monoisotopic (exact) mass is 197 g/mol. The third-order valence-electron chi connectivity index (χ3n) is 1.02. The first kappa shape index (κ1) is 7.15. The Bertz CT molecular complexity index is 144. The van der Waals surface area contributed by atoms with Crippen molar-refractivity contribution in [2.75, 3.05) is 13.1 Å². The molecular formula is C5H6BrF2N. The van der Waals surface area contributed by atoms with Crippen molar-refractivity contribution in [2.24, 2.45) is 0 Å². The molecule has 0 bridgehead atoms. The van der Waals surface area contributed by atoms with E-state index in [0.717, 1.165) is 6.08 Å². The van der Waals surface area contributed by atoms with E-state index >= 15 is 0 Å². The molecule has 0 aromatic carbocycles. The van der Waals surface area contributed by atoms with Crippen LogP contribution in [0.5, 0.6) is 0 Å². The first-order chi connectivity index (χ1) is 4.10. The first-order valence-electron chi connectivity index (χ1n) is 2.56. The van der Waals surface area contributed by atoms with Crippen molar-refractivity contribution in [3.05, 3.63) is 10.6 Å². The van der Waals surface area contributed by atoms with Gasteiger partial charge in [-0.15, -0.1) is 0 Å². The second-order valence-corrected chi connectivity index (χ2v) is 2.97. The van der Waals surface area contributed by atoms with Gasteiger partial charge in [-0.1, -0.05) is 15.9 Å². The number of halogens is 3. The van der Waals surface area contributed by atoms with Gasteiger partial charge < -0.3 is 5.32 Å². The highest BCUT2D eigenvalue weighted by atomic mass is 79.9. The van der Waals surface area contributed by atoms with Gasteiger partial charge in [0.25, 0.3) is 5.92 Å². The Kier molecular flexibility index (Phi) is 1.86. The highest BCUT2D eigenvalue weighted by Crippen LogP contribution is 2.21. The molecule has 1 aliphatic heterocycles. The summed E-state index contributed by atoms with van der Waals surface area (Å²) in [6.07, 6.45) is 0.934. The lowest BCUT2D eigenvalue weighted by atomic mass is 10.2. The molecular weight excluding hydrogens is 192 g/mol. The van der Waals surface area contributed by atoms with Gasteiger partial charge in [-0.2, -0.15) is 0 Å². The molecule has 0 aliphatic carbocycles. The van der Waals surface area contributed by atoms with Gasteiger partial charge in [0, 0.05) is 11.0 Å². The summed E-state index contributed by atoms with van der Waals surface area (Å²) in [6, 6.07) is 0. The summed E-state index contributed by atoms with van der Waals surface area (Å²) < 4.78 is 25.1. The van der Waals surface area contributed by atoms with E-state index in [4.69, 9.17) is 0 Å². The highest BCUT2D eigenvalue weighted by molar-refractivity contribution is 9.11. The zero-order valence-electron chi connectivity index (χ0n) is 4.63. The number of hydrogen-bond donors (Lipinski definition) is 1. The lowest BCUT2D eigenvalue weighted by Gasteiger charge is -2.18. The molecule has 0 amide bonds. The number of rotatable bonds is 0. The van der Waals surface area contributed by atoms with Crippen molar-refractivity contribution in [3.63, 3.8) is 0 Å². The van der Waals surface area contributed by atoms with Gasteiger partial charge in [-0.05, 0) is 6.08 Å². The largest absolute Gasteiger partial charge is 0.306 e. The van der Waals surface area contributed by atoms with Crippen molar-refractivity contribution < 1.29 is 8.78 Å². The molecule has 0 saturated carbocycles. The molecule has 1 heterocycles. The molecule has 0 aromatic heterocycles. The number of nitrogens with one attached hydrogen (secondary N) is 1. The molecule has 0 fully saturated rings. The average molecular weight is 198 g/mol. The van der Waals surface area contributed by atoms with Crippen LogP contribution < -0.4 is 5.32 Å². The fraction of sp³-hybridized carbons (Fsp3) is 0.600. The molecule has 0 atom stereocenters. The van der Waals surface area contributed by atoms with Gasteiger partial charge in [-0.3, -0.25) is 0 Å². The summed E-state index contributed by atoms with van der Waals surface area (Å²) in [5.74, 6) is -2.67. The second kappa shape index (κ2) is 2.34. The Labute approximate surface area is 60.3 Å². The maximum absolute atomic E-state index is 12.3. The minimum atomic E-state index is -2.67. The third-order valence-corrected chi connectivity index (χ3v) is 1.53. The van der Waals surface area contributed by atoms with Crippen molar-refractivity contribution in [3.8, 4) is 0 Å². The standard InChI is InChI=1S/C5H6BrF2N/c6-4-1-5(7,8)3-9-2-4/h1,9H,2-3H2. The lowest BCUT2D eigenvalue weighted by molar-refractivity contribution is 0.0512. The van der Waals surface area contributed by atoms with Gasteiger partial charge in [0.1, 0.15) is 0 Å². The Morgan fingerprint density at radius 3 is 2.67 bits per heavy atom. The van der Waals surface area contributed by atoms with E-state index in [9.17, 15) is 8.78 Å². The Hall–Kier alpha value is 0.0400. The Morgan fingerprint density at radius 1 is 1.67 bits per heavy atom. The van der Waals surface area contributed by atoms with Crippen LogP contribution in [0.4, 0.5) is 8.78 Å². The predicted molar refractivity (Wildman–Crippen MR) is 34.8 cm³/mol. The molecule has 1 nitrogen and oxygen atoms in total. The molecule has 1 aliphatic rings.